The van der Waals surface area contributed by atoms with Crippen molar-refractivity contribution in [1.29, 1.82) is 0 Å². The van der Waals surface area contributed by atoms with Crippen LogP contribution < -0.4 is 0 Å². The van der Waals surface area contributed by atoms with E-state index in [2.05, 4.69) is 4.79 Å². The molecule has 0 aliphatic heterocycles. The second kappa shape index (κ2) is 5.57. The number of nitrogens with zero attached hydrogens (tertiary/aromatic N) is 2. The summed E-state index contributed by atoms with van der Waals surface area (Å²) < 4.78 is 24.1. The zero-order chi connectivity index (χ0) is 13.8. The molecule has 0 aliphatic rings. The molecule has 7 heteroatoms. The predicted molar refractivity (Wildman–Crippen MR) is 64.7 cm³/mol. The second-order valence-electron chi connectivity index (χ2n) is 3.56. The van der Waals surface area contributed by atoms with Crippen molar-refractivity contribution in [3.05, 3.63) is 41.4 Å². The number of rotatable bonds is 3. The van der Waals surface area contributed by atoms with Crippen LogP contribution in [-0.2, 0) is 14.6 Å². The zero-order valence-electron chi connectivity index (χ0n) is 9.65. The highest BCUT2D eigenvalue weighted by atomic mass is 32.2. The van der Waals surface area contributed by atoms with Gasteiger partial charge in [0, 0.05) is 0 Å². The van der Waals surface area contributed by atoms with E-state index in [-0.39, 0.29) is 6.42 Å². The lowest BCUT2D eigenvalue weighted by Gasteiger charge is -2.12. The molecule has 0 bridgehead atoms. The van der Waals surface area contributed by atoms with Crippen LogP contribution in [0.4, 0.5) is 0 Å². The Balaban J connectivity index is 3.34. The summed E-state index contributed by atoms with van der Waals surface area (Å²) >= 11 is 0. The first kappa shape index (κ1) is 14.1. The number of hydrogen-bond donors (Lipinski definition) is 1. The maximum Gasteiger partial charge on any atom is 0.489 e. The molecule has 1 aromatic carbocycles. The maximum absolute atomic E-state index is 12.1. The molecule has 1 atom stereocenters. The minimum atomic E-state index is -4.22. The quantitative estimate of drug-likeness (QED) is 0.385. The van der Waals surface area contributed by atoms with Gasteiger partial charge in [0.1, 0.15) is 0 Å². The van der Waals surface area contributed by atoms with E-state index in [4.69, 9.17) is 10.6 Å². The molecule has 0 radical (unpaired) electrons. The summed E-state index contributed by atoms with van der Waals surface area (Å²) in [7, 11) is -4.22. The number of aliphatic carboxylic acids is 1. The van der Waals surface area contributed by atoms with Crippen LogP contribution in [0.5, 0.6) is 0 Å². The van der Waals surface area contributed by atoms with Crippen LogP contribution in [0.2, 0.25) is 0 Å². The summed E-state index contributed by atoms with van der Waals surface area (Å²) in [5.74, 6) is -1.77. The Hall–Kier alpha value is -1.98. The molecule has 0 heterocycles. The Labute approximate surface area is 104 Å². The fourth-order valence-electron chi connectivity index (χ4n) is 1.66. The van der Waals surface area contributed by atoms with Crippen LogP contribution in [-0.4, -0.2) is 29.3 Å². The van der Waals surface area contributed by atoms with Crippen LogP contribution >= 0.6 is 0 Å². The number of carbonyl (C=O) groups is 1. The van der Waals surface area contributed by atoms with E-state index in [1.54, 1.807) is 37.3 Å². The minimum Gasteiger partial charge on any atom is -0.472 e. The van der Waals surface area contributed by atoms with Crippen molar-refractivity contribution >= 4 is 20.9 Å². The smallest absolute Gasteiger partial charge is 0.472 e. The van der Waals surface area contributed by atoms with Gasteiger partial charge in [-0.25, -0.2) is 13.2 Å². The first-order chi connectivity index (χ1) is 8.45. The van der Waals surface area contributed by atoms with Crippen LogP contribution in [0.3, 0.4) is 0 Å². The highest BCUT2D eigenvalue weighted by Gasteiger charge is 2.42. The molecule has 0 saturated carbocycles. The van der Waals surface area contributed by atoms with Gasteiger partial charge in [-0.2, -0.15) is 0 Å². The Morgan fingerprint density at radius 2 is 1.94 bits per heavy atom. The average Bonchev–Trinajstić information content (AvgIpc) is 2.30. The number of sulfone groups is 1. The van der Waals surface area contributed by atoms with Gasteiger partial charge >= 0.3 is 11.0 Å². The van der Waals surface area contributed by atoms with Crippen LogP contribution in [0.15, 0.2) is 30.3 Å². The summed E-state index contributed by atoms with van der Waals surface area (Å²) in [5.41, 5.74) is 9.01. The molecule has 0 fully saturated rings. The summed E-state index contributed by atoms with van der Waals surface area (Å²) in [4.78, 5) is 13.1. The molecular formula is C11H12N2O4S. The number of benzene rings is 1. The normalized spacial score (nSPS) is 12.5. The van der Waals surface area contributed by atoms with E-state index < -0.39 is 26.1 Å². The fraction of sp³-hybridized carbons (Fsp3) is 0.273. The number of hydrogen-bond acceptors (Lipinski definition) is 3. The van der Waals surface area contributed by atoms with Crippen LogP contribution in [0.25, 0.3) is 5.53 Å². The Bertz CT molecular complexity index is 589. The number of carboxylic acids is 1. The van der Waals surface area contributed by atoms with Gasteiger partial charge in [-0.05, 0) is 12.0 Å². The molecule has 6 nitrogen and oxygen atoms in total. The van der Waals surface area contributed by atoms with Crippen LogP contribution in [0.1, 0.15) is 24.2 Å². The van der Waals surface area contributed by atoms with E-state index in [9.17, 15) is 13.2 Å². The highest BCUT2D eigenvalue weighted by molar-refractivity contribution is 8.08. The minimum absolute atomic E-state index is 0.179. The van der Waals surface area contributed by atoms with E-state index in [0.29, 0.717) is 5.56 Å². The fourth-order valence-corrected chi connectivity index (χ4v) is 3.24. The van der Waals surface area contributed by atoms with Crippen molar-refractivity contribution in [1.82, 2.24) is 0 Å². The van der Waals surface area contributed by atoms with Crippen molar-refractivity contribution in [3.8, 4) is 0 Å². The Kier molecular flexibility index (Phi) is 4.36. The highest BCUT2D eigenvalue weighted by Crippen LogP contribution is 2.26. The van der Waals surface area contributed by atoms with Crippen molar-refractivity contribution in [3.63, 3.8) is 0 Å². The van der Waals surface area contributed by atoms with Crippen molar-refractivity contribution in [2.45, 2.75) is 18.6 Å². The number of carboxylic acid groups (broad SMARTS) is 1. The van der Waals surface area contributed by atoms with Crippen molar-refractivity contribution in [2.75, 3.05) is 0 Å². The molecule has 0 amide bonds. The van der Waals surface area contributed by atoms with E-state index in [0.717, 1.165) is 0 Å². The molecule has 1 unspecified atom stereocenters. The molecule has 1 N–H and O–H groups in total. The van der Waals surface area contributed by atoms with Crippen LogP contribution in [0, 0.1) is 0 Å². The summed E-state index contributed by atoms with van der Waals surface area (Å²) in [6.07, 6.45) is 0.179. The van der Waals surface area contributed by atoms with Gasteiger partial charge in [-0.3, -0.25) is 0 Å². The van der Waals surface area contributed by atoms with Crippen molar-refractivity contribution in [2.24, 2.45) is 0 Å². The molecular weight excluding hydrogens is 256 g/mol. The van der Waals surface area contributed by atoms with Gasteiger partial charge < -0.3 is 10.6 Å². The molecule has 0 aliphatic carbocycles. The second-order valence-corrected chi connectivity index (χ2v) is 5.61. The standard InChI is InChI=1S/C11H12N2O4S/c1-2-9(8-6-4-3-5-7-8)18(16,17)10(13-12)11(14)15/h3-7,9H,2H2,1H3,(H,14,15). The molecule has 96 valence electrons. The summed E-state index contributed by atoms with van der Waals surface area (Å²) in [5, 5.41) is 6.45. The lowest BCUT2D eigenvalue weighted by atomic mass is 10.1. The third-order valence-electron chi connectivity index (χ3n) is 2.46. The van der Waals surface area contributed by atoms with Gasteiger partial charge in [0.25, 0.3) is 9.84 Å². The first-order valence-electron chi connectivity index (χ1n) is 5.19. The van der Waals surface area contributed by atoms with Gasteiger partial charge in [-0.15, -0.1) is 4.79 Å². The summed E-state index contributed by atoms with van der Waals surface area (Å²) in [6.45, 7) is 1.62. The van der Waals surface area contributed by atoms with Gasteiger partial charge in [0.2, 0.25) is 0 Å². The topological polar surface area (TPSA) is 108 Å². The monoisotopic (exact) mass is 268 g/mol. The Morgan fingerprint density at radius 1 is 1.39 bits per heavy atom. The zero-order valence-corrected chi connectivity index (χ0v) is 10.5. The summed E-state index contributed by atoms with van der Waals surface area (Å²) in [6, 6.07) is 8.21. The lowest BCUT2D eigenvalue weighted by molar-refractivity contribution is -0.133. The molecule has 18 heavy (non-hydrogen) atoms. The van der Waals surface area contributed by atoms with E-state index >= 15 is 0 Å². The average molecular weight is 268 g/mol. The van der Waals surface area contributed by atoms with Gasteiger partial charge in [0.15, 0.2) is 0 Å². The largest absolute Gasteiger partial charge is 0.489 e. The molecule has 0 spiro atoms. The van der Waals surface area contributed by atoms with Crippen molar-refractivity contribution < 1.29 is 23.1 Å². The third kappa shape index (κ3) is 2.64. The predicted octanol–water partition coefficient (Wildman–Crippen LogP) is 1.27. The lowest BCUT2D eigenvalue weighted by Crippen LogP contribution is -2.29. The van der Waals surface area contributed by atoms with E-state index in [1.807, 2.05) is 0 Å². The first-order valence-corrected chi connectivity index (χ1v) is 6.74. The SMILES string of the molecule is CCC(c1ccccc1)S(=O)(=O)C(=[N+]=[N-])C(=O)O. The molecule has 1 rings (SSSR count). The molecule has 1 aromatic rings. The van der Waals surface area contributed by atoms with Gasteiger partial charge in [0.05, 0.1) is 5.25 Å². The Morgan fingerprint density at radius 3 is 2.33 bits per heavy atom. The third-order valence-corrected chi connectivity index (χ3v) is 4.61. The molecule has 0 aromatic heterocycles. The molecule has 0 saturated heterocycles. The van der Waals surface area contributed by atoms with Gasteiger partial charge in [-0.1, -0.05) is 37.3 Å². The maximum atomic E-state index is 12.1. The van der Waals surface area contributed by atoms with E-state index in [1.165, 1.54) is 0 Å².